The molecule has 0 aliphatic carbocycles. The summed E-state index contributed by atoms with van der Waals surface area (Å²) >= 11 is 0. The van der Waals surface area contributed by atoms with Crippen molar-refractivity contribution in [1.29, 1.82) is 0 Å². The molecule has 3 aliphatic rings. The molecule has 0 radical (unpaired) electrons. The molecule has 0 saturated carbocycles. The molecule has 0 aromatic rings. The third-order valence-corrected chi connectivity index (χ3v) is 7.54. The minimum atomic E-state index is -1.06. The molecule has 8 nitrogen and oxygen atoms in total. The van der Waals surface area contributed by atoms with Gasteiger partial charge < -0.3 is 24.4 Å². The fourth-order valence-electron chi connectivity index (χ4n) is 6.07. The molecule has 3 rings (SSSR count). The number of esters is 1. The van der Waals surface area contributed by atoms with Gasteiger partial charge in [-0.15, -0.1) is 13.2 Å². The largest absolute Gasteiger partial charge is 0.465 e. The van der Waals surface area contributed by atoms with Crippen molar-refractivity contribution in [3.63, 3.8) is 0 Å². The van der Waals surface area contributed by atoms with Crippen molar-refractivity contribution in [3.05, 3.63) is 25.3 Å². The van der Waals surface area contributed by atoms with Crippen LogP contribution in [0.2, 0.25) is 0 Å². The van der Waals surface area contributed by atoms with Gasteiger partial charge in [-0.2, -0.15) is 0 Å². The highest BCUT2D eigenvalue weighted by molar-refractivity contribution is 5.98. The lowest BCUT2D eigenvalue weighted by Gasteiger charge is -2.38. The quantitative estimate of drug-likeness (QED) is 0.235. The molecule has 1 spiro atoms. The van der Waals surface area contributed by atoms with Crippen LogP contribution in [0.25, 0.3) is 0 Å². The second-order valence-electron chi connectivity index (χ2n) is 9.68. The first-order valence-electron chi connectivity index (χ1n) is 12.7. The van der Waals surface area contributed by atoms with Gasteiger partial charge in [0.2, 0.25) is 11.8 Å². The molecule has 3 fully saturated rings. The summed E-state index contributed by atoms with van der Waals surface area (Å²) < 4.78 is 11.9. The van der Waals surface area contributed by atoms with Crippen molar-refractivity contribution in [2.24, 2.45) is 11.8 Å². The molecular formula is C26H40N2O6. The van der Waals surface area contributed by atoms with Gasteiger partial charge in [-0.05, 0) is 45.4 Å². The van der Waals surface area contributed by atoms with Gasteiger partial charge in [-0.3, -0.25) is 14.4 Å². The lowest BCUT2D eigenvalue weighted by atomic mass is 9.70. The number of β-amino-alcohol motifs (C(OH)–C–C–N with tert-alkyl or cyclic N) is 1. The number of aliphatic hydroxyl groups excluding tert-OH is 1. The van der Waals surface area contributed by atoms with Crippen LogP contribution in [-0.2, 0) is 23.9 Å². The first-order chi connectivity index (χ1) is 16.4. The van der Waals surface area contributed by atoms with Crippen molar-refractivity contribution in [2.45, 2.75) is 82.6 Å². The van der Waals surface area contributed by atoms with Crippen LogP contribution < -0.4 is 0 Å². The van der Waals surface area contributed by atoms with Gasteiger partial charge in [-0.25, -0.2) is 0 Å². The number of likely N-dealkylation sites (tertiary alicyclic amines) is 1. The molecule has 34 heavy (non-hydrogen) atoms. The Labute approximate surface area is 202 Å². The Kier molecular flexibility index (Phi) is 8.93. The van der Waals surface area contributed by atoms with E-state index in [0.29, 0.717) is 19.4 Å². The summed E-state index contributed by atoms with van der Waals surface area (Å²) in [6.45, 7) is 12.0. The summed E-state index contributed by atoms with van der Waals surface area (Å²) in [6.07, 6.45) is 8.41. The van der Waals surface area contributed by atoms with Gasteiger partial charge in [-0.1, -0.05) is 25.5 Å². The van der Waals surface area contributed by atoms with Crippen LogP contribution >= 0.6 is 0 Å². The Hall–Kier alpha value is -2.19. The fraction of sp³-hybridized carbons (Fsp3) is 0.731. The normalized spacial score (nSPS) is 30.2. The number of unbranched alkanes of at least 4 members (excludes halogenated alkanes) is 2. The maximum absolute atomic E-state index is 14.0. The van der Waals surface area contributed by atoms with E-state index >= 15 is 0 Å². The predicted octanol–water partition coefficient (Wildman–Crippen LogP) is 2.46. The van der Waals surface area contributed by atoms with E-state index < -0.39 is 35.6 Å². The zero-order chi connectivity index (χ0) is 24.9. The van der Waals surface area contributed by atoms with E-state index in [4.69, 9.17) is 9.47 Å². The third kappa shape index (κ3) is 4.67. The Balaban J connectivity index is 1.87. The Morgan fingerprint density at radius 1 is 1.35 bits per heavy atom. The molecule has 0 aromatic carbocycles. The highest BCUT2D eigenvalue weighted by Crippen LogP contribution is 2.58. The molecule has 2 amide bonds. The maximum atomic E-state index is 14.0. The van der Waals surface area contributed by atoms with Crippen molar-refractivity contribution >= 4 is 17.8 Å². The number of ether oxygens (including phenoxy) is 2. The predicted molar refractivity (Wildman–Crippen MR) is 128 cm³/mol. The fourth-order valence-corrected chi connectivity index (χ4v) is 6.07. The molecule has 6 atom stereocenters. The van der Waals surface area contributed by atoms with Crippen molar-refractivity contribution in [1.82, 2.24) is 9.80 Å². The molecule has 3 aliphatic heterocycles. The molecule has 0 aromatic heterocycles. The molecule has 3 heterocycles. The number of nitrogens with zero attached hydrogens (tertiary/aromatic N) is 2. The number of allylic oxidation sites excluding steroid dienone is 1. The summed E-state index contributed by atoms with van der Waals surface area (Å²) in [7, 11) is 0. The Morgan fingerprint density at radius 3 is 2.76 bits per heavy atom. The minimum Gasteiger partial charge on any atom is -0.465 e. The molecular weight excluding hydrogens is 436 g/mol. The summed E-state index contributed by atoms with van der Waals surface area (Å²) in [5, 5.41) is 9.70. The lowest BCUT2D eigenvalue weighted by Crippen LogP contribution is -2.58. The van der Waals surface area contributed by atoms with Gasteiger partial charge >= 0.3 is 5.97 Å². The average molecular weight is 477 g/mol. The summed E-state index contributed by atoms with van der Waals surface area (Å²) in [5.41, 5.74) is -1.06. The molecule has 8 heteroatoms. The second kappa shape index (κ2) is 11.5. The van der Waals surface area contributed by atoms with Crippen LogP contribution in [0.1, 0.15) is 58.8 Å². The van der Waals surface area contributed by atoms with E-state index in [1.165, 1.54) is 4.90 Å². The van der Waals surface area contributed by atoms with Crippen LogP contribution in [0.4, 0.5) is 0 Å². The van der Waals surface area contributed by atoms with E-state index in [-0.39, 0.29) is 37.6 Å². The van der Waals surface area contributed by atoms with Crippen LogP contribution in [0.5, 0.6) is 0 Å². The van der Waals surface area contributed by atoms with E-state index in [2.05, 4.69) is 20.1 Å². The standard InChI is InChI=1S/C26H40N2O6/c1-5-8-9-10-17-33-25(32)20-19-12-13-26(34-19)21(20)23(30)28(15-16-29)22(26)24(31)27(14-7-3)18(4)11-6-2/h5,7,18-22,29H,1,3,6,8-17H2,2,4H3/t18?,19-,20+,21-,22?,26?/m0/s1. The van der Waals surface area contributed by atoms with Crippen LogP contribution in [-0.4, -0.2) is 82.8 Å². The molecule has 3 unspecified atom stereocenters. The molecule has 3 saturated heterocycles. The number of carbonyl (C=O) groups excluding carboxylic acids is 3. The Morgan fingerprint density at radius 2 is 2.12 bits per heavy atom. The summed E-state index contributed by atoms with van der Waals surface area (Å²) in [4.78, 5) is 43.8. The van der Waals surface area contributed by atoms with Gasteiger partial charge in [0, 0.05) is 19.1 Å². The Bertz CT molecular complexity index is 785. The van der Waals surface area contributed by atoms with E-state index in [0.717, 1.165) is 32.1 Å². The SMILES string of the molecule is C=CCCCCOC(=O)[C@@H]1[C@@H]2CCC3(O2)C(C(=O)N(CC=C)C(C)CCC)N(CCO)C(=O)[C@H]13. The number of amides is 2. The van der Waals surface area contributed by atoms with Crippen LogP contribution in [0, 0.1) is 11.8 Å². The molecule has 190 valence electrons. The minimum absolute atomic E-state index is 0.0227. The lowest BCUT2D eigenvalue weighted by molar-refractivity contribution is -0.155. The van der Waals surface area contributed by atoms with Crippen molar-refractivity contribution < 1.29 is 29.0 Å². The van der Waals surface area contributed by atoms with Crippen molar-refractivity contribution in [2.75, 3.05) is 26.3 Å². The monoisotopic (exact) mass is 476 g/mol. The number of carbonyl (C=O) groups is 3. The summed E-state index contributed by atoms with van der Waals surface area (Å²) in [5.74, 6) is -2.42. The third-order valence-electron chi connectivity index (χ3n) is 7.54. The highest BCUT2D eigenvalue weighted by Gasteiger charge is 2.75. The number of hydrogen-bond acceptors (Lipinski definition) is 6. The second-order valence-corrected chi connectivity index (χ2v) is 9.68. The van der Waals surface area contributed by atoms with Gasteiger partial charge in [0.05, 0.1) is 31.2 Å². The van der Waals surface area contributed by atoms with E-state index in [1.807, 2.05) is 13.0 Å². The number of fused-ring (bicyclic) bond motifs is 1. The zero-order valence-corrected chi connectivity index (χ0v) is 20.6. The van der Waals surface area contributed by atoms with Crippen LogP contribution in [0.15, 0.2) is 25.3 Å². The summed E-state index contributed by atoms with van der Waals surface area (Å²) in [6, 6.07) is -0.904. The highest BCUT2D eigenvalue weighted by atomic mass is 16.6. The zero-order valence-electron chi connectivity index (χ0n) is 20.6. The van der Waals surface area contributed by atoms with E-state index in [1.54, 1.807) is 11.0 Å². The first-order valence-corrected chi connectivity index (χ1v) is 12.7. The van der Waals surface area contributed by atoms with Gasteiger partial charge in [0.25, 0.3) is 0 Å². The maximum Gasteiger partial charge on any atom is 0.312 e. The van der Waals surface area contributed by atoms with Gasteiger partial charge in [0.1, 0.15) is 11.6 Å². The van der Waals surface area contributed by atoms with Crippen molar-refractivity contribution in [3.8, 4) is 0 Å². The first kappa shape index (κ1) is 26.4. The average Bonchev–Trinajstić information content (AvgIpc) is 3.45. The topological polar surface area (TPSA) is 96.4 Å². The number of hydrogen-bond donors (Lipinski definition) is 1. The number of aliphatic hydroxyl groups is 1. The molecule has 1 N–H and O–H groups in total. The van der Waals surface area contributed by atoms with Gasteiger partial charge in [0.15, 0.2) is 0 Å². The smallest absolute Gasteiger partial charge is 0.312 e. The number of rotatable bonds is 14. The van der Waals surface area contributed by atoms with E-state index in [9.17, 15) is 19.5 Å². The van der Waals surface area contributed by atoms with Crippen LogP contribution in [0.3, 0.4) is 0 Å². The molecule has 2 bridgehead atoms.